The van der Waals surface area contributed by atoms with E-state index < -0.39 is 0 Å². The van der Waals surface area contributed by atoms with Gasteiger partial charge in [-0.1, -0.05) is 20.8 Å². The summed E-state index contributed by atoms with van der Waals surface area (Å²) in [6, 6.07) is 0. The van der Waals surface area contributed by atoms with E-state index in [0.29, 0.717) is 11.7 Å². The number of hydrogen-bond acceptors (Lipinski definition) is 5. The van der Waals surface area contributed by atoms with Crippen LogP contribution >= 0.6 is 0 Å². The summed E-state index contributed by atoms with van der Waals surface area (Å²) >= 11 is 0. The first-order valence-electron chi connectivity index (χ1n) is 7.47. The van der Waals surface area contributed by atoms with Gasteiger partial charge in [0.1, 0.15) is 17.5 Å². The predicted octanol–water partition coefficient (Wildman–Crippen LogP) is 1.86. The molecule has 0 bridgehead atoms. The highest BCUT2D eigenvalue weighted by atomic mass is 16.1. The third kappa shape index (κ3) is 5.21. The van der Waals surface area contributed by atoms with Crippen molar-refractivity contribution in [2.75, 3.05) is 29.9 Å². The van der Waals surface area contributed by atoms with Gasteiger partial charge in [-0.2, -0.15) is 0 Å². The molecule has 0 spiro atoms. The van der Waals surface area contributed by atoms with E-state index in [1.807, 2.05) is 18.7 Å². The number of nitrogens with two attached hydrogens (primary N) is 1. The number of aryl methyl sites for hydroxylation is 1. The van der Waals surface area contributed by atoms with Crippen molar-refractivity contribution in [2.24, 2.45) is 11.7 Å². The second-order valence-electron chi connectivity index (χ2n) is 5.74. The van der Waals surface area contributed by atoms with Crippen LogP contribution in [0.25, 0.3) is 0 Å². The summed E-state index contributed by atoms with van der Waals surface area (Å²) in [5, 5.41) is 3.31. The van der Waals surface area contributed by atoms with Gasteiger partial charge in [-0.3, -0.25) is 4.79 Å². The van der Waals surface area contributed by atoms with E-state index in [9.17, 15) is 4.79 Å². The average Bonchev–Trinajstić information content (AvgIpc) is 2.37. The van der Waals surface area contributed by atoms with Gasteiger partial charge in [-0.15, -0.1) is 0 Å². The van der Waals surface area contributed by atoms with Gasteiger partial charge in [0.05, 0.1) is 6.54 Å². The van der Waals surface area contributed by atoms with E-state index in [1.165, 1.54) is 0 Å². The molecule has 118 valence electrons. The normalized spacial score (nSPS) is 10.8. The first-order valence-corrected chi connectivity index (χ1v) is 7.47. The number of aromatic nitrogens is 2. The molecule has 0 aliphatic carbocycles. The molecule has 6 nitrogen and oxygen atoms in total. The summed E-state index contributed by atoms with van der Waals surface area (Å²) in [6.45, 7) is 11.9. The molecular weight excluding hydrogens is 266 g/mol. The first kappa shape index (κ1) is 17.2. The molecule has 0 aromatic carbocycles. The summed E-state index contributed by atoms with van der Waals surface area (Å²) in [5.41, 5.74) is 6.33. The minimum Gasteiger partial charge on any atom is -0.370 e. The van der Waals surface area contributed by atoms with E-state index in [-0.39, 0.29) is 12.5 Å². The highest BCUT2D eigenvalue weighted by Crippen LogP contribution is 2.24. The molecule has 1 rings (SSSR count). The Labute approximate surface area is 127 Å². The molecule has 0 aliphatic rings. The molecule has 21 heavy (non-hydrogen) atoms. The molecule has 0 radical (unpaired) electrons. The lowest BCUT2D eigenvalue weighted by atomic mass is 10.2. The topological polar surface area (TPSA) is 84.1 Å². The summed E-state index contributed by atoms with van der Waals surface area (Å²) in [5.74, 6) is 2.36. The van der Waals surface area contributed by atoms with Crippen molar-refractivity contribution < 1.29 is 4.79 Å². The third-order valence-electron chi connectivity index (χ3n) is 3.01. The Kier molecular flexibility index (Phi) is 6.39. The second-order valence-corrected chi connectivity index (χ2v) is 5.74. The first-order chi connectivity index (χ1) is 9.85. The van der Waals surface area contributed by atoms with Gasteiger partial charge < -0.3 is 16.0 Å². The van der Waals surface area contributed by atoms with Crippen LogP contribution in [0.15, 0.2) is 0 Å². The molecule has 0 saturated carbocycles. The van der Waals surface area contributed by atoms with Crippen molar-refractivity contribution in [3.8, 4) is 0 Å². The lowest BCUT2D eigenvalue weighted by Gasteiger charge is -2.26. The molecule has 0 atom stereocenters. The summed E-state index contributed by atoms with van der Waals surface area (Å²) in [6.07, 6.45) is 1.02. The fraction of sp³-hybridized carbons (Fsp3) is 0.667. The molecule has 1 aromatic rings. The highest BCUT2D eigenvalue weighted by Gasteiger charge is 2.18. The molecule has 3 N–H and O–H groups in total. The van der Waals surface area contributed by atoms with Crippen molar-refractivity contribution in [2.45, 2.75) is 41.0 Å². The molecule has 1 amide bonds. The zero-order valence-electron chi connectivity index (χ0n) is 13.7. The number of nitrogens with zero attached hydrogens (tertiary/aromatic N) is 3. The van der Waals surface area contributed by atoms with Crippen molar-refractivity contribution in [3.05, 3.63) is 11.4 Å². The van der Waals surface area contributed by atoms with E-state index in [0.717, 1.165) is 36.7 Å². The number of carbonyl (C=O) groups excluding carboxylic acids is 1. The highest BCUT2D eigenvalue weighted by molar-refractivity contribution is 5.79. The largest absolute Gasteiger partial charge is 0.370 e. The summed E-state index contributed by atoms with van der Waals surface area (Å²) < 4.78 is 0. The molecule has 0 aliphatic heterocycles. The maximum atomic E-state index is 11.3. The van der Waals surface area contributed by atoms with Crippen molar-refractivity contribution >= 4 is 17.5 Å². The van der Waals surface area contributed by atoms with Crippen LogP contribution in [0.3, 0.4) is 0 Å². The monoisotopic (exact) mass is 293 g/mol. The number of primary amides is 1. The lowest BCUT2D eigenvalue weighted by molar-refractivity contribution is -0.116. The van der Waals surface area contributed by atoms with Crippen LogP contribution in [0.1, 0.15) is 38.6 Å². The fourth-order valence-corrected chi connectivity index (χ4v) is 2.19. The predicted molar refractivity (Wildman–Crippen MR) is 86.5 cm³/mol. The van der Waals surface area contributed by atoms with Gasteiger partial charge >= 0.3 is 0 Å². The Bertz CT molecular complexity index is 487. The van der Waals surface area contributed by atoms with Crippen LogP contribution in [-0.4, -0.2) is 35.5 Å². The maximum Gasteiger partial charge on any atom is 0.236 e. The molecule has 6 heteroatoms. The molecule has 0 fully saturated rings. The van der Waals surface area contributed by atoms with E-state index >= 15 is 0 Å². The van der Waals surface area contributed by atoms with Crippen LogP contribution < -0.4 is 16.0 Å². The quantitative estimate of drug-likeness (QED) is 0.764. The van der Waals surface area contributed by atoms with E-state index in [2.05, 4.69) is 36.1 Å². The van der Waals surface area contributed by atoms with E-state index in [4.69, 9.17) is 5.73 Å². The Balaban J connectivity index is 3.16. The smallest absolute Gasteiger partial charge is 0.236 e. The minimum absolute atomic E-state index is 0.169. The number of anilines is 2. The SMILES string of the molecule is CCCNc1nc(C)nc(N(CC(N)=O)CC(C)C)c1C. The van der Waals surface area contributed by atoms with E-state index in [1.54, 1.807) is 0 Å². The fourth-order valence-electron chi connectivity index (χ4n) is 2.19. The molecule has 0 unspecified atom stereocenters. The number of nitrogens with one attached hydrogen (secondary N) is 1. The van der Waals surface area contributed by atoms with Crippen molar-refractivity contribution in [1.29, 1.82) is 0 Å². The number of amides is 1. The zero-order chi connectivity index (χ0) is 16.0. The van der Waals surface area contributed by atoms with Crippen LogP contribution in [0.5, 0.6) is 0 Å². The number of hydrogen-bond donors (Lipinski definition) is 2. The average molecular weight is 293 g/mol. The Morgan fingerprint density at radius 3 is 2.52 bits per heavy atom. The molecule has 1 aromatic heterocycles. The van der Waals surface area contributed by atoms with Crippen LogP contribution in [0.2, 0.25) is 0 Å². The summed E-state index contributed by atoms with van der Waals surface area (Å²) in [4.78, 5) is 22.2. The minimum atomic E-state index is -0.352. The second kappa shape index (κ2) is 7.81. The van der Waals surface area contributed by atoms with Crippen LogP contribution in [0, 0.1) is 19.8 Å². The standard InChI is InChI=1S/C15H27N5O/c1-6-7-17-14-11(4)15(19-12(5)18-14)20(8-10(2)3)9-13(16)21/h10H,6-9H2,1-5H3,(H2,16,21)(H,17,18,19). The molecule has 1 heterocycles. The van der Waals surface area contributed by atoms with Crippen LogP contribution in [-0.2, 0) is 4.79 Å². The Hall–Kier alpha value is -1.85. The van der Waals surface area contributed by atoms with Gasteiger partial charge in [0.25, 0.3) is 0 Å². The van der Waals surface area contributed by atoms with Crippen molar-refractivity contribution in [3.63, 3.8) is 0 Å². The van der Waals surface area contributed by atoms with Gasteiger partial charge in [-0.05, 0) is 26.2 Å². The van der Waals surface area contributed by atoms with Gasteiger partial charge in [0.15, 0.2) is 0 Å². The summed E-state index contributed by atoms with van der Waals surface area (Å²) in [7, 11) is 0. The van der Waals surface area contributed by atoms with Gasteiger partial charge in [-0.25, -0.2) is 9.97 Å². The third-order valence-corrected chi connectivity index (χ3v) is 3.01. The lowest BCUT2D eigenvalue weighted by Crippen LogP contribution is -2.37. The number of carbonyl (C=O) groups is 1. The molecular formula is C15H27N5O. The van der Waals surface area contributed by atoms with Gasteiger partial charge in [0, 0.05) is 18.7 Å². The Morgan fingerprint density at radius 1 is 1.33 bits per heavy atom. The van der Waals surface area contributed by atoms with Crippen LogP contribution in [0.4, 0.5) is 11.6 Å². The maximum absolute atomic E-state index is 11.3. The van der Waals surface area contributed by atoms with Gasteiger partial charge in [0.2, 0.25) is 5.91 Å². The molecule has 0 saturated heterocycles. The zero-order valence-corrected chi connectivity index (χ0v) is 13.7. The van der Waals surface area contributed by atoms with Crippen molar-refractivity contribution in [1.82, 2.24) is 9.97 Å². The number of rotatable bonds is 8. The Morgan fingerprint density at radius 2 is 2.00 bits per heavy atom.